The van der Waals surface area contributed by atoms with Crippen LogP contribution in [0.1, 0.15) is 33.2 Å². The van der Waals surface area contributed by atoms with Crippen LogP contribution in [0.4, 0.5) is 11.4 Å². The minimum atomic E-state index is -0.577. The van der Waals surface area contributed by atoms with Crippen molar-refractivity contribution in [2.24, 2.45) is 5.10 Å². The van der Waals surface area contributed by atoms with Gasteiger partial charge >= 0.3 is 0 Å². The van der Waals surface area contributed by atoms with E-state index in [0.29, 0.717) is 27.5 Å². The Morgan fingerprint density at radius 1 is 0.938 bits per heavy atom. The summed E-state index contributed by atoms with van der Waals surface area (Å²) in [4.78, 5) is 34.9. The highest BCUT2D eigenvalue weighted by Crippen LogP contribution is 2.22. The van der Waals surface area contributed by atoms with E-state index in [-0.39, 0.29) is 22.2 Å². The van der Waals surface area contributed by atoms with Gasteiger partial charge < -0.3 is 5.32 Å². The first kappa shape index (κ1) is 22.9. The summed E-state index contributed by atoms with van der Waals surface area (Å²) in [5, 5.41) is 18.3. The van der Waals surface area contributed by atoms with Crippen LogP contribution in [-0.4, -0.2) is 22.4 Å². The van der Waals surface area contributed by atoms with Crippen LogP contribution in [0.5, 0.6) is 0 Å². The summed E-state index contributed by atoms with van der Waals surface area (Å²) in [6.45, 7) is 1.69. The predicted molar refractivity (Wildman–Crippen MR) is 124 cm³/mol. The molecule has 2 N–H and O–H groups in total. The number of rotatable bonds is 6. The number of carbonyl (C=O) groups excluding carboxylic acids is 2. The van der Waals surface area contributed by atoms with Crippen LogP contribution in [0.25, 0.3) is 0 Å². The molecule has 0 aliphatic rings. The third-order valence-corrected chi connectivity index (χ3v) is 4.93. The van der Waals surface area contributed by atoms with E-state index >= 15 is 0 Å². The highest BCUT2D eigenvalue weighted by molar-refractivity contribution is 6.37. The molecule has 32 heavy (non-hydrogen) atoms. The standard InChI is InChI=1S/C22H16Cl2N4O4/c1-13(26-27-21(29)15-3-2-4-18(11-15)28(31)32)14-5-8-17(9-6-14)25-22(30)19-10-7-16(23)12-20(19)24/h2-12H,1H3,(H,25,30)(H,27,29)/b26-13+. The van der Waals surface area contributed by atoms with Gasteiger partial charge in [0, 0.05) is 28.4 Å². The Hall–Kier alpha value is -3.75. The van der Waals surface area contributed by atoms with E-state index in [9.17, 15) is 19.7 Å². The lowest BCUT2D eigenvalue weighted by atomic mass is 10.1. The van der Waals surface area contributed by atoms with E-state index in [0.717, 1.165) is 0 Å². The molecule has 8 nitrogen and oxygen atoms in total. The summed E-state index contributed by atoms with van der Waals surface area (Å²) in [6, 6.07) is 16.7. The predicted octanol–water partition coefficient (Wildman–Crippen LogP) is 5.31. The first-order valence-electron chi connectivity index (χ1n) is 9.20. The molecule has 0 atom stereocenters. The molecule has 3 rings (SSSR count). The number of benzene rings is 3. The summed E-state index contributed by atoms with van der Waals surface area (Å²) >= 11 is 11.9. The zero-order valence-corrected chi connectivity index (χ0v) is 18.1. The molecule has 3 aromatic rings. The van der Waals surface area contributed by atoms with Crippen LogP contribution < -0.4 is 10.7 Å². The molecule has 0 radical (unpaired) electrons. The highest BCUT2D eigenvalue weighted by atomic mass is 35.5. The molecule has 2 amide bonds. The van der Waals surface area contributed by atoms with Gasteiger partial charge in [0.1, 0.15) is 0 Å². The fourth-order valence-electron chi connectivity index (χ4n) is 2.69. The van der Waals surface area contributed by atoms with E-state index < -0.39 is 10.8 Å². The summed E-state index contributed by atoms with van der Waals surface area (Å²) in [7, 11) is 0. The maximum atomic E-state index is 12.4. The molecule has 162 valence electrons. The molecule has 10 heteroatoms. The SMILES string of the molecule is C/C(=N\NC(=O)c1cccc([N+](=O)[O-])c1)c1ccc(NC(=O)c2ccc(Cl)cc2Cl)cc1. The van der Waals surface area contributed by atoms with Gasteiger partial charge in [0.2, 0.25) is 0 Å². The normalized spacial score (nSPS) is 11.0. The summed E-state index contributed by atoms with van der Waals surface area (Å²) < 4.78 is 0. The number of nitro groups is 1. The van der Waals surface area contributed by atoms with E-state index in [1.54, 1.807) is 37.3 Å². The Morgan fingerprint density at radius 3 is 2.31 bits per heavy atom. The highest BCUT2D eigenvalue weighted by Gasteiger charge is 2.12. The molecule has 0 aliphatic carbocycles. The van der Waals surface area contributed by atoms with Crippen molar-refractivity contribution in [3.05, 3.63) is 104 Å². The number of non-ortho nitro benzene ring substituents is 1. The number of anilines is 1. The molecule has 0 aliphatic heterocycles. The lowest BCUT2D eigenvalue weighted by Gasteiger charge is -2.08. The maximum absolute atomic E-state index is 12.4. The molecular formula is C22H16Cl2N4O4. The third kappa shape index (κ3) is 5.69. The Morgan fingerprint density at radius 2 is 1.66 bits per heavy atom. The Balaban J connectivity index is 1.65. The Labute approximate surface area is 193 Å². The van der Waals surface area contributed by atoms with Crippen molar-refractivity contribution in [2.45, 2.75) is 6.92 Å². The van der Waals surface area contributed by atoms with Crippen molar-refractivity contribution in [1.82, 2.24) is 5.43 Å². The largest absolute Gasteiger partial charge is 0.322 e. The van der Waals surface area contributed by atoms with Crippen molar-refractivity contribution < 1.29 is 14.5 Å². The number of amides is 2. The number of nitro benzene ring substituents is 1. The topological polar surface area (TPSA) is 114 Å². The second-order valence-corrected chi connectivity index (χ2v) is 7.44. The zero-order chi connectivity index (χ0) is 23.3. The number of hydrazone groups is 1. The van der Waals surface area contributed by atoms with Gasteiger partial charge in [0.05, 0.1) is 21.2 Å². The van der Waals surface area contributed by atoms with E-state index in [2.05, 4.69) is 15.8 Å². The van der Waals surface area contributed by atoms with Gasteiger partial charge in [-0.15, -0.1) is 0 Å². The third-order valence-electron chi connectivity index (χ3n) is 4.38. The molecule has 0 unspecified atom stereocenters. The van der Waals surface area contributed by atoms with Crippen LogP contribution in [0.2, 0.25) is 10.0 Å². The van der Waals surface area contributed by atoms with Gasteiger partial charge in [0.25, 0.3) is 17.5 Å². The number of halogens is 2. The van der Waals surface area contributed by atoms with Gasteiger partial charge in [-0.25, -0.2) is 5.43 Å². The van der Waals surface area contributed by atoms with Crippen LogP contribution in [0.3, 0.4) is 0 Å². The first-order valence-corrected chi connectivity index (χ1v) is 9.96. The molecule has 0 aromatic heterocycles. The minimum absolute atomic E-state index is 0.120. The molecule has 0 heterocycles. The monoisotopic (exact) mass is 470 g/mol. The van der Waals surface area contributed by atoms with Gasteiger partial charge in [-0.05, 0) is 48.9 Å². The van der Waals surface area contributed by atoms with Gasteiger partial charge in [-0.3, -0.25) is 19.7 Å². The number of nitrogens with zero attached hydrogens (tertiary/aromatic N) is 2. The van der Waals surface area contributed by atoms with Crippen molar-refractivity contribution in [3.8, 4) is 0 Å². The van der Waals surface area contributed by atoms with Crippen molar-refractivity contribution in [2.75, 3.05) is 5.32 Å². The van der Waals surface area contributed by atoms with Crippen molar-refractivity contribution in [3.63, 3.8) is 0 Å². The van der Waals surface area contributed by atoms with Crippen molar-refractivity contribution in [1.29, 1.82) is 0 Å². The average Bonchev–Trinajstić information content (AvgIpc) is 2.77. The first-order chi connectivity index (χ1) is 15.2. The summed E-state index contributed by atoms with van der Waals surface area (Å²) in [6.07, 6.45) is 0. The van der Waals surface area contributed by atoms with Gasteiger partial charge in [-0.2, -0.15) is 5.10 Å². The second kappa shape index (κ2) is 10.0. The van der Waals surface area contributed by atoms with Crippen LogP contribution in [0, 0.1) is 10.1 Å². The van der Waals surface area contributed by atoms with E-state index in [1.807, 2.05) is 0 Å². The number of hydrogen-bond acceptors (Lipinski definition) is 5. The molecule has 0 fully saturated rings. The molecule has 0 saturated carbocycles. The molecule has 0 spiro atoms. The smallest absolute Gasteiger partial charge is 0.271 e. The van der Waals surface area contributed by atoms with Crippen molar-refractivity contribution >= 4 is 52.1 Å². The quantitative estimate of drug-likeness (QED) is 0.288. The summed E-state index contributed by atoms with van der Waals surface area (Å²) in [5.41, 5.74) is 4.35. The lowest BCUT2D eigenvalue weighted by Crippen LogP contribution is -2.19. The van der Waals surface area contributed by atoms with Gasteiger partial charge in [-0.1, -0.05) is 41.4 Å². The second-order valence-electron chi connectivity index (χ2n) is 6.60. The number of carbonyl (C=O) groups is 2. The number of hydrogen-bond donors (Lipinski definition) is 2. The molecular weight excluding hydrogens is 455 g/mol. The van der Waals surface area contributed by atoms with E-state index in [1.165, 1.54) is 36.4 Å². The van der Waals surface area contributed by atoms with Gasteiger partial charge in [0.15, 0.2) is 0 Å². The maximum Gasteiger partial charge on any atom is 0.271 e. The van der Waals surface area contributed by atoms with Crippen LogP contribution in [0.15, 0.2) is 71.8 Å². The molecule has 0 saturated heterocycles. The minimum Gasteiger partial charge on any atom is -0.322 e. The lowest BCUT2D eigenvalue weighted by molar-refractivity contribution is -0.384. The zero-order valence-electron chi connectivity index (χ0n) is 16.6. The molecule has 0 bridgehead atoms. The van der Waals surface area contributed by atoms with Crippen LogP contribution in [-0.2, 0) is 0 Å². The summed E-state index contributed by atoms with van der Waals surface area (Å²) in [5.74, 6) is -0.953. The van der Waals surface area contributed by atoms with E-state index in [4.69, 9.17) is 23.2 Å². The molecule has 3 aromatic carbocycles. The average molecular weight is 471 g/mol. The van der Waals surface area contributed by atoms with Crippen LogP contribution >= 0.6 is 23.2 Å². The number of nitrogens with one attached hydrogen (secondary N) is 2. The Bertz CT molecular complexity index is 1230. The fraction of sp³-hybridized carbons (Fsp3) is 0.0455. The fourth-order valence-corrected chi connectivity index (χ4v) is 3.19. The Kier molecular flexibility index (Phi) is 7.19.